The van der Waals surface area contributed by atoms with Gasteiger partial charge in [-0.1, -0.05) is 6.07 Å². The summed E-state index contributed by atoms with van der Waals surface area (Å²) in [6.07, 6.45) is 3.85. The molecule has 2 aliphatic rings. The van der Waals surface area contributed by atoms with E-state index in [1.807, 2.05) is 18.2 Å². The van der Waals surface area contributed by atoms with Gasteiger partial charge < -0.3 is 14.5 Å². The van der Waals surface area contributed by atoms with Crippen LogP contribution >= 0.6 is 0 Å². The topological polar surface area (TPSA) is 79.8 Å². The fraction of sp³-hybridized carbons (Fsp3) is 0.476. The number of nitrogens with zero attached hydrogens (tertiary/aromatic N) is 3. The van der Waals surface area contributed by atoms with Crippen molar-refractivity contribution in [3.63, 3.8) is 0 Å². The molecule has 0 radical (unpaired) electrons. The van der Waals surface area contributed by atoms with E-state index in [1.54, 1.807) is 14.2 Å². The summed E-state index contributed by atoms with van der Waals surface area (Å²) in [7, 11) is 3.32. The lowest BCUT2D eigenvalue weighted by molar-refractivity contribution is 0.234. The zero-order chi connectivity index (χ0) is 19.5. The van der Waals surface area contributed by atoms with Crippen LogP contribution in [0.3, 0.4) is 0 Å². The maximum atomic E-state index is 12.7. The number of fused-ring (bicyclic) bond motifs is 1. The van der Waals surface area contributed by atoms with Crippen molar-refractivity contribution in [2.24, 2.45) is 4.99 Å². The molecule has 1 aromatic heterocycles. The molecule has 0 spiro atoms. The van der Waals surface area contributed by atoms with E-state index in [2.05, 4.69) is 14.9 Å². The van der Waals surface area contributed by atoms with Crippen LogP contribution in [0.15, 0.2) is 28.0 Å². The molecule has 1 N–H and O–H groups in total. The van der Waals surface area contributed by atoms with Crippen molar-refractivity contribution in [3.8, 4) is 11.5 Å². The minimum Gasteiger partial charge on any atom is -0.496 e. The molecular weight excluding hydrogens is 356 g/mol. The summed E-state index contributed by atoms with van der Waals surface area (Å²) in [5, 5.41) is 0. The molecule has 0 aliphatic carbocycles. The average Bonchev–Trinajstić information content (AvgIpc) is 2.74. The Labute approximate surface area is 164 Å². The lowest BCUT2D eigenvalue weighted by atomic mass is 10.0. The van der Waals surface area contributed by atoms with Crippen molar-refractivity contribution in [1.29, 1.82) is 0 Å². The predicted molar refractivity (Wildman–Crippen MR) is 107 cm³/mol. The molecule has 0 atom stereocenters. The first-order valence-electron chi connectivity index (χ1n) is 9.77. The van der Waals surface area contributed by atoms with Gasteiger partial charge in [0.1, 0.15) is 11.5 Å². The highest BCUT2D eigenvalue weighted by molar-refractivity contribution is 5.97. The van der Waals surface area contributed by atoms with Crippen LogP contribution in [0.25, 0.3) is 0 Å². The second-order valence-corrected chi connectivity index (χ2v) is 7.23. The van der Waals surface area contributed by atoms with Crippen LogP contribution in [-0.2, 0) is 19.5 Å². The summed E-state index contributed by atoms with van der Waals surface area (Å²) in [5.74, 6) is 2.24. The van der Waals surface area contributed by atoms with E-state index in [4.69, 9.17) is 14.5 Å². The molecule has 2 aliphatic heterocycles. The average molecular weight is 382 g/mol. The van der Waals surface area contributed by atoms with Gasteiger partial charge >= 0.3 is 0 Å². The first-order chi connectivity index (χ1) is 13.7. The predicted octanol–water partition coefficient (Wildman–Crippen LogP) is 2.32. The molecular formula is C21H26N4O3. The zero-order valence-electron chi connectivity index (χ0n) is 16.5. The summed E-state index contributed by atoms with van der Waals surface area (Å²) in [4.78, 5) is 27.2. The smallest absolute Gasteiger partial charge is 0.255 e. The van der Waals surface area contributed by atoms with Crippen molar-refractivity contribution in [3.05, 3.63) is 51.2 Å². The van der Waals surface area contributed by atoms with E-state index in [0.29, 0.717) is 18.9 Å². The number of benzene rings is 1. The van der Waals surface area contributed by atoms with Gasteiger partial charge in [0.2, 0.25) is 0 Å². The number of H-pyrrole nitrogens is 1. The maximum Gasteiger partial charge on any atom is 0.255 e. The van der Waals surface area contributed by atoms with Gasteiger partial charge in [0.05, 0.1) is 36.8 Å². The number of hydrogen-bond acceptors (Lipinski definition) is 6. The Morgan fingerprint density at radius 3 is 2.61 bits per heavy atom. The molecule has 3 heterocycles. The normalized spacial score (nSPS) is 17.0. The fourth-order valence-electron chi connectivity index (χ4n) is 3.95. The van der Waals surface area contributed by atoms with Gasteiger partial charge in [-0.15, -0.1) is 0 Å². The highest BCUT2D eigenvalue weighted by Crippen LogP contribution is 2.30. The van der Waals surface area contributed by atoms with Gasteiger partial charge in [-0.2, -0.15) is 0 Å². The zero-order valence-corrected chi connectivity index (χ0v) is 16.5. The van der Waals surface area contributed by atoms with Crippen LogP contribution < -0.4 is 15.0 Å². The molecule has 2 aromatic rings. The highest BCUT2D eigenvalue weighted by atomic mass is 16.5. The summed E-state index contributed by atoms with van der Waals surface area (Å²) in [6, 6.07) is 5.78. The highest BCUT2D eigenvalue weighted by Gasteiger charge is 2.24. The summed E-state index contributed by atoms with van der Waals surface area (Å²) >= 11 is 0. The largest absolute Gasteiger partial charge is 0.496 e. The Kier molecular flexibility index (Phi) is 5.43. The lowest BCUT2D eigenvalue weighted by Crippen LogP contribution is -2.36. The van der Waals surface area contributed by atoms with Gasteiger partial charge in [-0.05, 0) is 31.4 Å². The van der Waals surface area contributed by atoms with E-state index < -0.39 is 0 Å². The number of rotatable bonds is 5. The molecule has 1 aromatic carbocycles. The van der Waals surface area contributed by atoms with Crippen molar-refractivity contribution in [1.82, 2.24) is 14.9 Å². The molecule has 7 nitrogen and oxygen atoms in total. The number of methoxy groups -OCH3 is 2. The standard InChI is InChI=1S/C21H26N4O3/c1-27-18-7-5-8-19(28-2)15(18)13-25-11-9-16-14(12-25)21(26)24-20(23-16)17-6-3-4-10-22-17/h5,7-8H,3-4,6,9-13H2,1-2H3,(H,23,24,26). The molecule has 4 rings (SSSR count). The minimum atomic E-state index is -0.0510. The van der Waals surface area contributed by atoms with Crippen LogP contribution in [0.4, 0.5) is 0 Å². The van der Waals surface area contributed by atoms with Gasteiger partial charge in [-0.25, -0.2) is 4.98 Å². The van der Waals surface area contributed by atoms with Crippen LogP contribution in [-0.4, -0.2) is 47.9 Å². The molecule has 0 unspecified atom stereocenters. The quantitative estimate of drug-likeness (QED) is 0.858. The van der Waals surface area contributed by atoms with E-state index in [1.165, 1.54) is 0 Å². The molecule has 28 heavy (non-hydrogen) atoms. The van der Waals surface area contributed by atoms with Crippen LogP contribution in [0.1, 0.15) is 41.9 Å². The van der Waals surface area contributed by atoms with Crippen LogP contribution in [0, 0.1) is 0 Å². The third kappa shape index (κ3) is 3.67. The summed E-state index contributed by atoms with van der Waals surface area (Å²) in [6.45, 7) is 2.87. The lowest BCUT2D eigenvalue weighted by Gasteiger charge is -2.29. The van der Waals surface area contributed by atoms with Crippen molar-refractivity contribution >= 4 is 5.71 Å². The molecule has 7 heteroatoms. The van der Waals surface area contributed by atoms with Crippen LogP contribution in [0.5, 0.6) is 11.5 Å². The maximum absolute atomic E-state index is 12.7. The van der Waals surface area contributed by atoms with E-state index in [0.717, 1.165) is 72.8 Å². The Bertz CT molecular complexity index is 929. The fourth-order valence-corrected chi connectivity index (χ4v) is 3.95. The number of aromatic amines is 1. The van der Waals surface area contributed by atoms with Crippen molar-refractivity contribution in [2.75, 3.05) is 27.3 Å². The Morgan fingerprint density at radius 1 is 1.14 bits per heavy atom. The number of nitrogens with one attached hydrogen (secondary N) is 1. The van der Waals surface area contributed by atoms with Crippen molar-refractivity contribution < 1.29 is 9.47 Å². The third-order valence-electron chi connectivity index (χ3n) is 5.46. The first kappa shape index (κ1) is 18.7. The summed E-state index contributed by atoms with van der Waals surface area (Å²) in [5.41, 5.74) is 3.53. The number of hydrogen-bond donors (Lipinski definition) is 1. The molecule has 0 bridgehead atoms. The molecule has 0 fully saturated rings. The van der Waals surface area contributed by atoms with Crippen molar-refractivity contribution in [2.45, 2.75) is 38.8 Å². The second-order valence-electron chi connectivity index (χ2n) is 7.23. The molecule has 0 saturated carbocycles. The monoisotopic (exact) mass is 382 g/mol. The second kappa shape index (κ2) is 8.14. The Morgan fingerprint density at radius 2 is 1.93 bits per heavy atom. The number of ether oxygens (including phenoxy) is 2. The third-order valence-corrected chi connectivity index (χ3v) is 5.46. The molecule has 0 amide bonds. The number of aliphatic imine (C=N–C) groups is 1. The molecule has 0 saturated heterocycles. The van der Waals surface area contributed by atoms with E-state index >= 15 is 0 Å². The van der Waals surface area contributed by atoms with Crippen LogP contribution in [0.2, 0.25) is 0 Å². The van der Waals surface area contributed by atoms with E-state index in [9.17, 15) is 4.79 Å². The Hall–Kier alpha value is -2.67. The van der Waals surface area contributed by atoms with Gasteiger partial charge in [0, 0.05) is 32.6 Å². The molecule has 148 valence electrons. The summed E-state index contributed by atoms with van der Waals surface area (Å²) < 4.78 is 11.0. The van der Waals surface area contributed by atoms with Gasteiger partial charge in [0.25, 0.3) is 5.56 Å². The SMILES string of the molecule is COc1cccc(OC)c1CN1CCc2nc(C3=NCCCC3)[nH]c(=O)c2C1. The van der Waals surface area contributed by atoms with E-state index in [-0.39, 0.29) is 5.56 Å². The minimum absolute atomic E-state index is 0.0510. The van der Waals surface area contributed by atoms with Gasteiger partial charge in [-0.3, -0.25) is 14.7 Å². The Balaban J connectivity index is 1.58. The first-order valence-corrected chi connectivity index (χ1v) is 9.77. The number of aromatic nitrogens is 2. The van der Waals surface area contributed by atoms with Gasteiger partial charge in [0.15, 0.2) is 5.82 Å².